The molecule has 0 aromatic rings. The molecule has 0 saturated carbocycles. The number of rotatable bonds is 7. The van der Waals surface area contributed by atoms with E-state index in [0.717, 1.165) is 6.42 Å². The Bertz CT molecular complexity index is 162. The molecule has 0 fully saturated rings. The Morgan fingerprint density at radius 2 is 2.00 bits per heavy atom. The van der Waals surface area contributed by atoms with Gasteiger partial charge < -0.3 is 5.11 Å². The summed E-state index contributed by atoms with van der Waals surface area (Å²) in [6.45, 7) is 1.19. The summed E-state index contributed by atoms with van der Waals surface area (Å²) in [5.41, 5.74) is 0. The lowest BCUT2D eigenvalue weighted by atomic mass is 10.1. The molecule has 15 heavy (non-hydrogen) atoms. The van der Waals surface area contributed by atoms with Gasteiger partial charge in [0.25, 0.3) is 0 Å². The first kappa shape index (κ1) is 15.2. The maximum atomic E-state index is 12.2. The van der Waals surface area contributed by atoms with Gasteiger partial charge in [0.05, 0.1) is 13.2 Å². The molecule has 1 unspecified atom stereocenters. The lowest BCUT2D eigenvalue weighted by Crippen LogP contribution is -2.39. The van der Waals surface area contributed by atoms with Crippen molar-refractivity contribution in [3.8, 4) is 0 Å². The normalized spacial score (nSPS) is 14.6. The second-order valence-corrected chi connectivity index (χ2v) is 4.15. The molecule has 0 aromatic carbocycles. The molecule has 0 radical (unpaired) electrons. The van der Waals surface area contributed by atoms with E-state index in [1.165, 1.54) is 4.90 Å². The molecule has 0 saturated heterocycles. The predicted molar refractivity (Wildman–Crippen MR) is 57.2 cm³/mol. The molecule has 0 aliphatic carbocycles. The van der Waals surface area contributed by atoms with Crippen molar-refractivity contribution < 1.29 is 18.3 Å². The monoisotopic (exact) mass is 291 g/mol. The summed E-state index contributed by atoms with van der Waals surface area (Å²) in [5.74, 6) is 0.193. The molecule has 2 nitrogen and oxygen atoms in total. The highest BCUT2D eigenvalue weighted by molar-refractivity contribution is 9.09. The zero-order chi connectivity index (χ0) is 11.9. The fraction of sp³-hybridized carbons (Fsp3) is 1.00. The van der Waals surface area contributed by atoms with Gasteiger partial charge in [-0.15, -0.1) is 0 Å². The van der Waals surface area contributed by atoms with Crippen LogP contribution in [0, 0.1) is 5.92 Å². The molecule has 0 rings (SSSR count). The van der Waals surface area contributed by atoms with Crippen LogP contribution in [0.5, 0.6) is 0 Å². The Labute approximate surface area is 96.6 Å². The van der Waals surface area contributed by atoms with Crippen LogP contribution in [0.4, 0.5) is 13.2 Å². The molecule has 92 valence electrons. The third-order valence-corrected chi connectivity index (χ3v) is 3.05. The lowest BCUT2D eigenvalue weighted by Gasteiger charge is -2.26. The maximum absolute atomic E-state index is 12.2. The molecule has 0 heterocycles. The molecule has 0 aliphatic heterocycles. The quantitative estimate of drug-likeness (QED) is 0.728. The van der Waals surface area contributed by atoms with E-state index in [2.05, 4.69) is 15.9 Å². The topological polar surface area (TPSA) is 23.5 Å². The highest BCUT2D eigenvalue weighted by Gasteiger charge is 2.31. The van der Waals surface area contributed by atoms with Crippen molar-refractivity contribution in [3.05, 3.63) is 0 Å². The summed E-state index contributed by atoms with van der Waals surface area (Å²) in [6, 6.07) is 0. The SMILES string of the molecule is CCC(CBr)CN(CCO)CC(F)(F)F. The minimum atomic E-state index is -4.19. The summed E-state index contributed by atoms with van der Waals surface area (Å²) in [5, 5.41) is 9.35. The van der Waals surface area contributed by atoms with Crippen molar-refractivity contribution in [3.63, 3.8) is 0 Å². The van der Waals surface area contributed by atoms with E-state index >= 15 is 0 Å². The lowest BCUT2D eigenvalue weighted by molar-refractivity contribution is -0.147. The molecule has 0 aliphatic rings. The van der Waals surface area contributed by atoms with Crippen LogP contribution in [0.15, 0.2) is 0 Å². The van der Waals surface area contributed by atoms with Gasteiger partial charge in [-0.05, 0) is 5.92 Å². The third-order valence-electron chi connectivity index (χ3n) is 2.13. The standard InChI is InChI=1S/C9H17BrF3NO/c1-2-8(5-10)6-14(3-4-15)7-9(11,12)13/h8,15H,2-7H2,1H3. The first-order valence-corrected chi connectivity index (χ1v) is 6.01. The summed E-state index contributed by atoms with van der Waals surface area (Å²) in [7, 11) is 0. The Morgan fingerprint density at radius 3 is 2.33 bits per heavy atom. The Balaban J connectivity index is 4.14. The first-order chi connectivity index (χ1) is 6.92. The zero-order valence-corrected chi connectivity index (χ0v) is 10.3. The molecule has 6 heteroatoms. The van der Waals surface area contributed by atoms with Crippen molar-refractivity contribution >= 4 is 15.9 Å². The number of hydrogen-bond donors (Lipinski definition) is 1. The van der Waals surface area contributed by atoms with Gasteiger partial charge in [-0.1, -0.05) is 29.3 Å². The van der Waals surface area contributed by atoms with Crippen molar-refractivity contribution in [2.75, 3.05) is 31.6 Å². The van der Waals surface area contributed by atoms with Crippen LogP contribution in [0.25, 0.3) is 0 Å². The van der Waals surface area contributed by atoms with Gasteiger partial charge in [0, 0.05) is 18.4 Å². The molecular weight excluding hydrogens is 275 g/mol. The molecule has 0 aromatic heterocycles. The van der Waals surface area contributed by atoms with Crippen LogP contribution < -0.4 is 0 Å². The largest absolute Gasteiger partial charge is 0.401 e. The van der Waals surface area contributed by atoms with Gasteiger partial charge in [-0.3, -0.25) is 4.90 Å². The maximum Gasteiger partial charge on any atom is 0.401 e. The second kappa shape index (κ2) is 7.46. The first-order valence-electron chi connectivity index (χ1n) is 4.88. The van der Waals surface area contributed by atoms with Gasteiger partial charge in [-0.2, -0.15) is 13.2 Å². The van der Waals surface area contributed by atoms with Gasteiger partial charge in [0.2, 0.25) is 0 Å². The number of alkyl halides is 4. The van der Waals surface area contributed by atoms with Crippen LogP contribution in [-0.2, 0) is 0 Å². The summed E-state index contributed by atoms with van der Waals surface area (Å²) >= 11 is 3.26. The van der Waals surface area contributed by atoms with Crippen LogP contribution in [0.3, 0.4) is 0 Å². The van der Waals surface area contributed by atoms with Gasteiger partial charge in [-0.25, -0.2) is 0 Å². The van der Waals surface area contributed by atoms with Gasteiger partial charge in [0.15, 0.2) is 0 Å². The minimum absolute atomic E-state index is 0.0724. The number of halogens is 4. The smallest absolute Gasteiger partial charge is 0.395 e. The van der Waals surface area contributed by atoms with Gasteiger partial charge in [0.1, 0.15) is 0 Å². The third kappa shape index (κ3) is 8.04. The van der Waals surface area contributed by atoms with E-state index in [1.54, 1.807) is 0 Å². The highest BCUT2D eigenvalue weighted by Crippen LogP contribution is 2.18. The minimum Gasteiger partial charge on any atom is -0.395 e. The average molecular weight is 292 g/mol. The van der Waals surface area contributed by atoms with Crippen molar-refractivity contribution in [2.45, 2.75) is 19.5 Å². The molecule has 0 spiro atoms. The highest BCUT2D eigenvalue weighted by atomic mass is 79.9. The number of hydrogen-bond acceptors (Lipinski definition) is 2. The molecule has 1 atom stereocenters. The second-order valence-electron chi connectivity index (χ2n) is 3.50. The van der Waals surface area contributed by atoms with E-state index in [0.29, 0.717) is 11.9 Å². The van der Waals surface area contributed by atoms with E-state index in [4.69, 9.17) is 5.11 Å². The van der Waals surface area contributed by atoms with Gasteiger partial charge >= 0.3 is 6.18 Å². The average Bonchev–Trinajstić information content (AvgIpc) is 2.11. The number of aliphatic hydroxyl groups is 1. The van der Waals surface area contributed by atoms with Crippen LogP contribution in [-0.4, -0.2) is 47.8 Å². The van der Waals surface area contributed by atoms with Crippen molar-refractivity contribution in [1.29, 1.82) is 0 Å². The fourth-order valence-corrected chi connectivity index (χ4v) is 1.94. The Morgan fingerprint density at radius 1 is 1.40 bits per heavy atom. The molecule has 1 N–H and O–H groups in total. The Kier molecular flexibility index (Phi) is 7.56. The molecule has 0 bridgehead atoms. The van der Waals surface area contributed by atoms with E-state index in [-0.39, 0.29) is 19.1 Å². The Hall–Kier alpha value is 0.190. The van der Waals surface area contributed by atoms with Crippen molar-refractivity contribution in [1.82, 2.24) is 4.90 Å². The van der Waals surface area contributed by atoms with E-state index in [9.17, 15) is 13.2 Å². The summed E-state index contributed by atoms with van der Waals surface area (Å²) < 4.78 is 36.5. The molecule has 0 amide bonds. The number of nitrogens with zero attached hydrogens (tertiary/aromatic N) is 1. The van der Waals surface area contributed by atoms with Crippen LogP contribution >= 0.6 is 15.9 Å². The summed E-state index contributed by atoms with van der Waals surface area (Å²) in [6.07, 6.45) is -3.37. The van der Waals surface area contributed by atoms with E-state index in [1.807, 2.05) is 6.92 Å². The zero-order valence-electron chi connectivity index (χ0n) is 8.73. The predicted octanol–water partition coefficient (Wildman–Crippen LogP) is 2.26. The fourth-order valence-electron chi connectivity index (χ4n) is 1.28. The van der Waals surface area contributed by atoms with Crippen molar-refractivity contribution in [2.24, 2.45) is 5.92 Å². The van der Waals surface area contributed by atoms with Crippen LogP contribution in [0.2, 0.25) is 0 Å². The number of aliphatic hydroxyl groups excluding tert-OH is 1. The van der Waals surface area contributed by atoms with Crippen LogP contribution in [0.1, 0.15) is 13.3 Å². The summed E-state index contributed by atoms with van der Waals surface area (Å²) in [4.78, 5) is 1.25. The van der Waals surface area contributed by atoms with E-state index < -0.39 is 12.7 Å². The molecular formula is C9H17BrF3NO.